The zero-order valence-electron chi connectivity index (χ0n) is 7.02. The molecule has 53 valence electrons. The van der Waals surface area contributed by atoms with Crippen LogP contribution in [0.3, 0.4) is 0 Å². The van der Waals surface area contributed by atoms with Crippen molar-refractivity contribution < 1.29 is 0 Å². The summed E-state index contributed by atoms with van der Waals surface area (Å²) in [5.74, 6) is 0.778. The first-order valence-electron chi connectivity index (χ1n) is 3.61. The minimum Gasteiger partial charge on any atom is -0.114 e. The Hall–Kier alpha value is 0.495. The Labute approximate surface area is 61.4 Å². The normalized spacial score (nSPS) is 10.9. The topological polar surface area (TPSA) is 0 Å². The van der Waals surface area contributed by atoms with Crippen molar-refractivity contribution in [1.82, 2.24) is 0 Å². The van der Waals surface area contributed by atoms with Crippen molar-refractivity contribution in [2.24, 2.45) is 0 Å². The smallest absolute Gasteiger partial charge is 0.113 e. The van der Waals surface area contributed by atoms with Gasteiger partial charge in [-0.25, -0.2) is 0 Å². The van der Waals surface area contributed by atoms with Crippen LogP contribution in [0, 0.1) is 0 Å². The molecule has 0 fully saturated rings. The highest BCUT2D eigenvalue weighted by Crippen LogP contribution is 2.25. The second-order valence-electron chi connectivity index (χ2n) is 3.07. The van der Waals surface area contributed by atoms with Crippen molar-refractivity contribution >= 4 is 15.2 Å². The molecule has 0 spiro atoms. The molecule has 0 saturated carbocycles. The lowest BCUT2D eigenvalue weighted by molar-refractivity contribution is 1.05. The van der Waals surface area contributed by atoms with E-state index < -0.39 is 0 Å². The molecule has 0 atom stereocenters. The second kappa shape index (κ2) is 5.29. The van der Waals surface area contributed by atoms with Crippen LogP contribution in [-0.2, 0) is 0 Å². The fraction of sp³-hybridized carbons (Fsp3) is 1.00. The van der Waals surface area contributed by atoms with Gasteiger partial charge in [0.05, 0.1) is 0 Å². The van der Waals surface area contributed by atoms with Gasteiger partial charge >= 0.3 is 0 Å². The molecule has 0 aliphatic carbocycles. The quantitative estimate of drug-likeness (QED) is 0.419. The molecule has 0 heterocycles. The molecule has 0 aromatic carbocycles. The number of hydrogen-bond acceptors (Lipinski definition) is 0. The summed E-state index contributed by atoms with van der Waals surface area (Å²) in [7, 11) is 2.74. The van der Waals surface area contributed by atoms with E-state index in [2.05, 4.69) is 34.5 Å². The molecule has 0 aliphatic heterocycles. The van der Waals surface area contributed by atoms with Crippen LogP contribution in [0.15, 0.2) is 0 Å². The number of rotatable bonds is 4. The van der Waals surface area contributed by atoms with Crippen LogP contribution >= 0.6 is 7.92 Å². The third-order valence-electron chi connectivity index (χ3n) is 1.21. The Morgan fingerprint density at radius 3 is 2.22 bits per heavy atom. The highest BCUT2D eigenvalue weighted by molar-refractivity contribution is 7.56. The van der Waals surface area contributed by atoms with Crippen LogP contribution in [-0.4, -0.2) is 26.8 Å². The van der Waals surface area contributed by atoms with Gasteiger partial charge in [-0.1, -0.05) is 26.0 Å². The lowest BCUT2D eigenvalue weighted by Crippen LogP contribution is -1.96. The zero-order chi connectivity index (χ0) is 7.28. The summed E-state index contributed by atoms with van der Waals surface area (Å²) in [6.07, 6.45) is 2.73. The minimum atomic E-state index is 0.338. The summed E-state index contributed by atoms with van der Waals surface area (Å²) in [6, 6.07) is 0. The molecule has 0 aromatic rings. The van der Waals surface area contributed by atoms with Gasteiger partial charge in [0.1, 0.15) is 7.28 Å². The van der Waals surface area contributed by atoms with Crippen LogP contribution < -0.4 is 0 Å². The first-order chi connectivity index (χ1) is 4.13. The SMILES string of the molecule is CC(C)[B]CCP(C)C. The molecule has 0 aromatic heterocycles. The first-order valence-corrected chi connectivity index (χ1v) is 6.03. The van der Waals surface area contributed by atoms with Crippen LogP contribution in [0.25, 0.3) is 0 Å². The monoisotopic (exact) mass is 143 g/mol. The molecule has 0 aliphatic rings. The molecule has 9 heavy (non-hydrogen) atoms. The molecule has 0 bridgehead atoms. The molecular formula is C7H17BP. The van der Waals surface area contributed by atoms with Gasteiger partial charge in [0.25, 0.3) is 0 Å². The summed E-state index contributed by atoms with van der Waals surface area (Å²) >= 11 is 0. The van der Waals surface area contributed by atoms with Crippen molar-refractivity contribution in [2.75, 3.05) is 19.5 Å². The van der Waals surface area contributed by atoms with Crippen molar-refractivity contribution in [2.45, 2.75) is 26.0 Å². The van der Waals surface area contributed by atoms with Crippen LogP contribution in [0.5, 0.6) is 0 Å². The zero-order valence-corrected chi connectivity index (χ0v) is 7.91. The molecule has 2 heteroatoms. The van der Waals surface area contributed by atoms with Crippen molar-refractivity contribution in [3.8, 4) is 0 Å². The van der Waals surface area contributed by atoms with Crippen LogP contribution in [0.2, 0.25) is 12.1 Å². The summed E-state index contributed by atoms with van der Waals surface area (Å²) in [5, 5.41) is 0. The van der Waals surface area contributed by atoms with Gasteiger partial charge in [-0.05, 0) is 19.5 Å². The van der Waals surface area contributed by atoms with Gasteiger partial charge in [0.2, 0.25) is 0 Å². The van der Waals surface area contributed by atoms with E-state index in [0.29, 0.717) is 7.92 Å². The van der Waals surface area contributed by atoms with Crippen LogP contribution in [0.4, 0.5) is 0 Å². The third-order valence-corrected chi connectivity index (χ3v) is 2.37. The van der Waals surface area contributed by atoms with E-state index in [0.717, 1.165) is 5.82 Å². The number of hydrogen-bond donors (Lipinski definition) is 0. The maximum Gasteiger partial charge on any atom is 0.113 e. The van der Waals surface area contributed by atoms with E-state index in [-0.39, 0.29) is 0 Å². The van der Waals surface area contributed by atoms with Gasteiger partial charge in [-0.3, -0.25) is 0 Å². The molecule has 0 saturated heterocycles. The van der Waals surface area contributed by atoms with Crippen molar-refractivity contribution in [3.63, 3.8) is 0 Å². The van der Waals surface area contributed by atoms with Gasteiger partial charge in [-0.15, -0.1) is 7.92 Å². The van der Waals surface area contributed by atoms with Gasteiger partial charge < -0.3 is 0 Å². The van der Waals surface area contributed by atoms with Crippen molar-refractivity contribution in [1.29, 1.82) is 0 Å². The average Bonchev–Trinajstić information content (AvgIpc) is 1.63. The van der Waals surface area contributed by atoms with Gasteiger partial charge in [-0.2, -0.15) is 0 Å². The Balaban J connectivity index is 2.91. The molecule has 1 radical (unpaired) electrons. The average molecular weight is 143 g/mol. The fourth-order valence-corrected chi connectivity index (χ4v) is 1.33. The van der Waals surface area contributed by atoms with E-state index in [1.807, 2.05) is 0 Å². The molecular weight excluding hydrogens is 126 g/mol. The van der Waals surface area contributed by atoms with Gasteiger partial charge in [0, 0.05) is 0 Å². The van der Waals surface area contributed by atoms with Crippen LogP contribution in [0.1, 0.15) is 13.8 Å². The van der Waals surface area contributed by atoms with E-state index in [1.54, 1.807) is 0 Å². The minimum absolute atomic E-state index is 0.338. The Bertz CT molecular complexity index is 53.9. The fourth-order valence-electron chi connectivity index (χ4n) is 0.666. The molecule has 0 rings (SSSR count). The lowest BCUT2D eigenvalue weighted by Gasteiger charge is -2.04. The molecule has 0 nitrogen and oxygen atoms in total. The van der Waals surface area contributed by atoms with E-state index in [1.165, 1.54) is 12.5 Å². The summed E-state index contributed by atoms with van der Waals surface area (Å²) in [5.41, 5.74) is 0. The predicted octanol–water partition coefficient (Wildman–Crippen LogP) is 2.68. The standard InChI is InChI=1S/C7H17BP/c1-7(2)8-5-6-9(3)4/h7H,5-6H2,1-4H3. The largest absolute Gasteiger partial charge is 0.114 e. The third kappa shape index (κ3) is 8.49. The summed E-state index contributed by atoms with van der Waals surface area (Å²) in [4.78, 5) is 0. The summed E-state index contributed by atoms with van der Waals surface area (Å²) in [6.45, 7) is 9.16. The second-order valence-corrected chi connectivity index (χ2v) is 5.68. The molecule has 0 unspecified atom stereocenters. The maximum atomic E-state index is 2.41. The summed E-state index contributed by atoms with van der Waals surface area (Å²) < 4.78 is 0. The Kier molecular flexibility index (Phi) is 5.58. The molecule has 0 N–H and O–H groups in total. The maximum absolute atomic E-state index is 2.41. The van der Waals surface area contributed by atoms with Gasteiger partial charge in [0.15, 0.2) is 0 Å². The van der Waals surface area contributed by atoms with Crippen molar-refractivity contribution in [3.05, 3.63) is 0 Å². The van der Waals surface area contributed by atoms with E-state index >= 15 is 0 Å². The predicted molar refractivity (Wildman–Crippen MR) is 49.3 cm³/mol. The highest BCUT2D eigenvalue weighted by atomic mass is 31.1. The molecule has 0 amide bonds. The Morgan fingerprint density at radius 1 is 1.33 bits per heavy atom. The van der Waals surface area contributed by atoms with E-state index in [9.17, 15) is 0 Å². The lowest BCUT2D eigenvalue weighted by atomic mass is 9.64. The highest BCUT2D eigenvalue weighted by Gasteiger charge is 1.97. The first kappa shape index (κ1) is 9.49. The Morgan fingerprint density at radius 2 is 1.89 bits per heavy atom. The van der Waals surface area contributed by atoms with E-state index in [4.69, 9.17) is 0 Å².